The van der Waals surface area contributed by atoms with E-state index in [1.165, 1.54) is 47.9 Å². The van der Waals surface area contributed by atoms with E-state index in [1.54, 1.807) is 0 Å². The summed E-state index contributed by atoms with van der Waals surface area (Å²) in [6.07, 6.45) is 6.11. The highest BCUT2D eigenvalue weighted by atomic mass is 35.5. The molecule has 0 unspecified atom stereocenters. The highest BCUT2D eigenvalue weighted by molar-refractivity contribution is 6.33. The molecule has 3 aromatic rings. The van der Waals surface area contributed by atoms with E-state index in [1.807, 2.05) is 12.1 Å². The molecule has 0 atom stereocenters. The second kappa shape index (κ2) is 10.6. The van der Waals surface area contributed by atoms with Gasteiger partial charge in [-0.2, -0.15) is 0 Å². The van der Waals surface area contributed by atoms with Crippen LogP contribution in [0.2, 0.25) is 5.02 Å². The number of benzene rings is 3. The van der Waals surface area contributed by atoms with Crippen molar-refractivity contribution < 1.29 is 4.74 Å². The maximum Gasteiger partial charge on any atom is 0.120 e. The number of rotatable bonds is 7. The first-order valence-electron chi connectivity index (χ1n) is 12.3. The number of halogens is 1. The predicted octanol–water partition coefficient (Wildman–Crippen LogP) is 6.16. The monoisotopic (exact) mass is 460 g/mol. The van der Waals surface area contributed by atoms with Crippen LogP contribution in [0.1, 0.15) is 35.1 Å². The van der Waals surface area contributed by atoms with Gasteiger partial charge in [-0.1, -0.05) is 54.1 Å². The molecule has 1 saturated heterocycles. The molecule has 0 radical (unpaired) electrons. The van der Waals surface area contributed by atoms with Crippen molar-refractivity contribution in [3.63, 3.8) is 0 Å². The highest BCUT2D eigenvalue weighted by Gasteiger charge is 2.18. The van der Waals surface area contributed by atoms with Crippen molar-refractivity contribution in [2.75, 3.05) is 37.6 Å². The molecule has 2 aliphatic rings. The van der Waals surface area contributed by atoms with Crippen LogP contribution < -0.4 is 9.64 Å². The zero-order chi connectivity index (χ0) is 22.5. The van der Waals surface area contributed by atoms with Gasteiger partial charge in [0.05, 0.1) is 10.7 Å². The van der Waals surface area contributed by atoms with Gasteiger partial charge in [0.2, 0.25) is 0 Å². The van der Waals surface area contributed by atoms with Crippen LogP contribution in [0.25, 0.3) is 0 Å². The van der Waals surface area contributed by atoms with E-state index in [-0.39, 0.29) is 0 Å². The number of fused-ring (bicyclic) bond motifs is 1. The SMILES string of the molecule is Clc1ccccc1N1CCN(CCc2ccc(COc3ccc4c(c3)CCCC4)cc2)CC1. The van der Waals surface area contributed by atoms with E-state index < -0.39 is 0 Å². The van der Waals surface area contributed by atoms with Crippen molar-refractivity contribution >= 4 is 17.3 Å². The first kappa shape index (κ1) is 22.3. The molecule has 3 nitrogen and oxygen atoms in total. The Morgan fingerprint density at radius 3 is 2.27 bits per heavy atom. The largest absolute Gasteiger partial charge is 0.489 e. The van der Waals surface area contributed by atoms with Crippen LogP contribution in [-0.4, -0.2) is 37.6 Å². The molecule has 0 saturated carbocycles. The van der Waals surface area contributed by atoms with Crippen molar-refractivity contribution in [1.29, 1.82) is 0 Å². The number of aryl methyl sites for hydroxylation is 2. The van der Waals surface area contributed by atoms with Crippen molar-refractivity contribution in [3.8, 4) is 5.75 Å². The maximum atomic E-state index is 6.37. The number of hydrogen-bond acceptors (Lipinski definition) is 3. The van der Waals surface area contributed by atoms with Crippen molar-refractivity contribution in [3.05, 3.63) is 94.0 Å². The van der Waals surface area contributed by atoms with E-state index in [0.29, 0.717) is 6.61 Å². The fourth-order valence-electron chi connectivity index (χ4n) is 4.98. The maximum absolute atomic E-state index is 6.37. The topological polar surface area (TPSA) is 15.7 Å². The summed E-state index contributed by atoms with van der Waals surface area (Å²) < 4.78 is 6.09. The molecule has 1 aliphatic heterocycles. The van der Waals surface area contributed by atoms with Gasteiger partial charge in [-0.25, -0.2) is 0 Å². The molecule has 0 N–H and O–H groups in total. The number of para-hydroxylation sites is 1. The van der Waals surface area contributed by atoms with Gasteiger partial charge in [0.25, 0.3) is 0 Å². The van der Waals surface area contributed by atoms with Gasteiger partial charge in [0.15, 0.2) is 0 Å². The average Bonchev–Trinajstić information content (AvgIpc) is 2.87. The van der Waals surface area contributed by atoms with Crippen molar-refractivity contribution in [1.82, 2.24) is 4.90 Å². The summed E-state index contributed by atoms with van der Waals surface area (Å²) in [5.74, 6) is 0.996. The Kier molecular flexibility index (Phi) is 7.18. The Labute approximate surface area is 202 Å². The zero-order valence-corrected chi connectivity index (χ0v) is 20.1. The van der Waals surface area contributed by atoms with Crippen molar-refractivity contribution in [2.24, 2.45) is 0 Å². The lowest BCUT2D eigenvalue weighted by molar-refractivity contribution is 0.261. The fraction of sp³-hybridized carbons (Fsp3) is 0.379. The third-order valence-electron chi connectivity index (χ3n) is 7.03. The van der Waals surface area contributed by atoms with Gasteiger partial charge in [0, 0.05) is 32.7 Å². The average molecular weight is 461 g/mol. The number of anilines is 1. The quantitative estimate of drug-likeness (QED) is 0.419. The van der Waals surface area contributed by atoms with E-state index in [9.17, 15) is 0 Å². The molecule has 172 valence electrons. The summed E-state index contributed by atoms with van der Waals surface area (Å²) in [7, 11) is 0. The second-order valence-electron chi connectivity index (χ2n) is 9.27. The molecule has 4 heteroatoms. The lowest BCUT2D eigenvalue weighted by Gasteiger charge is -2.36. The lowest BCUT2D eigenvalue weighted by atomic mass is 9.92. The van der Waals surface area contributed by atoms with Crippen LogP contribution in [0, 0.1) is 0 Å². The number of nitrogens with zero attached hydrogens (tertiary/aromatic N) is 2. The Morgan fingerprint density at radius 2 is 1.48 bits per heavy atom. The van der Waals surface area contributed by atoms with Crippen LogP contribution in [0.15, 0.2) is 66.7 Å². The molecule has 0 amide bonds. The van der Waals surface area contributed by atoms with Crippen LogP contribution in [0.4, 0.5) is 5.69 Å². The molecule has 0 bridgehead atoms. The Hall–Kier alpha value is -2.49. The highest BCUT2D eigenvalue weighted by Crippen LogP contribution is 2.27. The molecule has 1 heterocycles. The van der Waals surface area contributed by atoms with Gasteiger partial charge in [-0.3, -0.25) is 4.90 Å². The van der Waals surface area contributed by atoms with Gasteiger partial charge in [-0.15, -0.1) is 0 Å². The Morgan fingerprint density at radius 1 is 0.758 bits per heavy atom. The number of piperazine rings is 1. The second-order valence-corrected chi connectivity index (χ2v) is 9.68. The summed E-state index contributed by atoms with van der Waals surface area (Å²) >= 11 is 6.37. The first-order valence-corrected chi connectivity index (χ1v) is 12.7. The Balaban J connectivity index is 1.07. The minimum absolute atomic E-state index is 0.628. The summed E-state index contributed by atoms with van der Waals surface area (Å²) in [4.78, 5) is 4.95. The van der Waals surface area contributed by atoms with E-state index >= 15 is 0 Å². The van der Waals surface area contributed by atoms with Crippen molar-refractivity contribution in [2.45, 2.75) is 38.7 Å². The minimum Gasteiger partial charge on any atom is -0.489 e. The Bertz CT molecular complexity index is 1060. The van der Waals surface area contributed by atoms with Gasteiger partial charge in [-0.05, 0) is 78.6 Å². The molecule has 0 spiro atoms. The number of hydrogen-bond donors (Lipinski definition) is 0. The first-order chi connectivity index (χ1) is 16.2. The summed E-state index contributed by atoms with van der Waals surface area (Å²) in [6, 6.07) is 23.7. The number of ether oxygens (including phenoxy) is 1. The molecule has 5 rings (SSSR count). The third-order valence-corrected chi connectivity index (χ3v) is 7.35. The molecule has 3 aromatic carbocycles. The van der Waals surface area contributed by atoms with Gasteiger partial charge < -0.3 is 9.64 Å². The third kappa shape index (κ3) is 5.72. The van der Waals surface area contributed by atoms with Crippen LogP contribution >= 0.6 is 11.6 Å². The smallest absolute Gasteiger partial charge is 0.120 e. The molecule has 1 aliphatic carbocycles. The van der Waals surface area contributed by atoms with E-state index in [0.717, 1.165) is 55.6 Å². The molecule has 1 fully saturated rings. The predicted molar refractivity (Wildman–Crippen MR) is 138 cm³/mol. The summed E-state index contributed by atoms with van der Waals surface area (Å²) in [5.41, 5.74) is 6.75. The van der Waals surface area contributed by atoms with Crippen LogP contribution in [0.3, 0.4) is 0 Å². The zero-order valence-electron chi connectivity index (χ0n) is 19.3. The minimum atomic E-state index is 0.628. The van der Waals surface area contributed by atoms with E-state index in [2.05, 4.69) is 64.4 Å². The molecule has 33 heavy (non-hydrogen) atoms. The van der Waals surface area contributed by atoms with Crippen LogP contribution in [-0.2, 0) is 25.9 Å². The molecule has 0 aromatic heterocycles. The fourth-order valence-corrected chi connectivity index (χ4v) is 5.23. The molecular weight excluding hydrogens is 428 g/mol. The normalized spacial score (nSPS) is 16.5. The van der Waals surface area contributed by atoms with Gasteiger partial charge in [0.1, 0.15) is 12.4 Å². The summed E-state index contributed by atoms with van der Waals surface area (Å²) in [6.45, 7) is 5.95. The molecular formula is C29H33ClN2O. The summed E-state index contributed by atoms with van der Waals surface area (Å²) in [5, 5.41) is 0.849. The lowest BCUT2D eigenvalue weighted by Crippen LogP contribution is -2.47. The standard InChI is InChI=1S/C29H33ClN2O/c30-28-7-3-4-8-29(28)32-19-17-31(18-20-32)16-15-23-9-11-24(12-10-23)22-33-27-14-13-25-5-1-2-6-26(25)21-27/h3-4,7-14,21H,1-2,5-6,15-20,22H2. The van der Waals surface area contributed by atoms with E-state index in [4.69, 9.17) is 16.3 Å². The van der Waals surface area contributed by atoms with Gasteiger partial charge >= 0.3 is 0 Å². The van der Waals surface area contributed by atoms with Crippen LogP contribution in [0.5, 0.6) is 5.75 Å².